The number of carbonyl (C=O) groups excluding carboxylic acids is 1. The molecule has 3 nitrogen and oxygen atoms in total. The van der Waals surface area contributed by atoms with E-state index in [1.165, 1.54) is 12.8 Å². The van der Waals surface area contributed by atoms with Crippen molar-refractivity contribution in [1.82, 2.24) is 5.32 Å². The van der Waals surface area contributed by atoms with Gasteiger partial charge in [-0.05, 0) is 24.7 Å². The number of amides is 1. The zero-order valence-corrected chi connectivity index (χ0v) is 9.96. The first-order valence-corrected chi connectivity index (χ1v) is 6.19. The van der Waals surface area contributed by atoms with Gasteiger partial charge in [0, 0.05) is 19.0 Å². The first-order valence-electron chi connectivity index (χ1n) is 6.19. The summed E-state index contributed by atoms with van der Waals surface area (Å²) in [5, 5.41) is 2.94. The molecule has 1 rings (SSSR count). The summed E-state index contributed by atoms with van der Waals surface area (Å²) in [5.41, 5.74) is 5.91. The Morgan fingerprint density at radius 1 is 1.40 bits per heavy atom. The Labute approximate surface area is 92.8 Å². The monoisotopic (exact) mass is 212 g/mol. The van der Waals surface area contributed by atoms with Gasteiger partial charge in [0.2, 0.25) is 5.91 Å². The predicted molar refractivity (Wildman–Crippen MR) is 62.4 cm³/mol. The Balaban J connectivity index is 2.11. The summed E-state index contributed by atoms with van der Waals surface area (Å²) in [6, 6.07) is 0.177. The van der Waals surface area contributed by atoms with Gasteiger partial charge >= 0.3 is 0 Å². The molecule has 1 aliphatic carbocycles. The molecule has 3 heteroatoms. The third kappa shape index (κ3) is 4.65. The van der Waals surface area contributed by atoms with Crippen molar-refractivity contribution >= 4 is 5.91 Å². The summed E-state index contributed by atoms with van der Waals surface area (Å²) in [4.78, 5) is 11.6. The van der Waals surface area contributed by atoms with Crippen LogP contribution in [-0.4, -0.2) is 18.5 Å². The third-order valence-electron chi connectivity index (χ3n) is 3.39. The molecule has 1 atom stereocenters. The average Bonchev–Trinajstić information content (AvgIpc) is 3.06. The fourth-order valence-electron chi connectivity index (χ4n) is 1.83. The quantitative estimate of drug-likeness (QED) is 0.674. The highest BCUT2D eigenvalue weighted by Gasteiger charge is 2.28. The van der Waals surface area contributed by atoms with E-state index in [1.807, 2.05) is 0 Å². The van der Waals surface area contributed by atoms with E-state index in [1.54, 1.807) is 0 Å². The SMILES string of the molecule is CCC(CC)CC(=O)NCC(N)C1CC1. The minimum Gasteiger partial charge on any atom is -0.355 e. The lowest BCUT2D eigenvalue weighted by atomic mass is 9.99. The Morgan fingerprint density at radius 3 is 2.47 bits per heavy atom. The molecule has 3 N–H and O–H groups in total. The van der Waals surface area contributed by atoms with Crippen LogP contribution in [0, 0.1) is 11.8 Å². The van der Waals surface area contributed by atoms with Crippen LogP contribution in [0.5, 0.6) is 0 Å². The molecule has 88 valence electrons. The van der Waals surface area contributed by atoms with Crippen molar-refractivity contribution < 1.29 is 4.79 Å². The number of nitrogens with one attached hydrogen (secondary N) is 1. The molecule has 0 heterocycles. The maximum atomic E-state index is 11.6. The van der Waals surface area contributed by atoms with Crippen LogP contribution in [0.2, 0.25) is 0 Å². The Morgan fingerprint density at radius 2 is 2.00 bits per heavy atom. The van der Waals surface area contributed by atoms with Crippen LogP contribution >= 0.6 is 0 Å². The van der Waals surface area contributed by atoms with Gasteiger partial charge in [-0.1, -0.05) is 26.7 Å². The molecule has 0 spiro atoms. The highest BCUT2D eigenvalue weighted by atomic mass is 16.1. The number of hydrogen-bond donors (Lipinski definition) is 2. The number of carbonyl (C=O) groups is 1. The van der Waals surface area contributed by atoms with Crippen molar-refractivity contribution in [3.63, 3.8) is 0 Å². The van der Waals surface area contributed by atoms with Crippen LogP contribution in [0.15, 0.2) is 0 Å². The first kappa shape index (κ1) is 12.5. The molecule has 1 amide bonds. The van der Waals surface area contributed by atoms with E-state index in [-0.39, 0.29) is 11.9 Å². The largest absolute Gasteiger partial charge is 0.355 e. The zero-order chi connectivity index (χ0) is 11.3. The van der Waals surface area contributed by atoms with E-state index >= 15 is 0 Å². The van der Waals surface area contributed by atoms with Gasteiger partial charge < -0.3 is 11.1 Å². The van der Waals surface area contributed by atoms with Gasteiger partial charge in [0.05, 0.1) is 0 Å². The summed E-state index contributed by atoms with van der Waals surface area (Å²) in [7, 11) is 0. The third-order valence-corrected chi connectivity index (χ3v) is 3.39. The maximum absolute atomic E-state index is 11.6. The summed E-state index contributed by atoms with van der Waals surface area (Å²) < 4.78 is 0. The second kappa shape index (κ2) is 6.11. The van der Waals surface area contributed by atoms with Gasteiger partial charge in [0.1, 0.15) is 0 Å². The summed E-state index contributed by atoms with van der Waals surface area (Å²) >= 11 is 0. The normalized spacial score (nSPS) is 17.9. The van der Waals surface area contributed by atoms with Crippen molar-refractivity contribution in [3.8, 4) is 0 Å². The molecule has 0 aromatic rings. The lowest BCUT2D eigenvalue weighted by Gasteiger charge is -2.14. The minimum atomic E-state index is 0.166. The Hall–Kier alpha value is -0.570. The highest BCUT2D eigenvalue weighted by molar-refractivity contribution is 5.76. The molecule has 0 bridgehead atoms. The van der Waals surface area contributed by atoms with Gasteiger partial charge in [-0.25, -0.2) is 0 Å². The Kier molecular flexibility index (Phi) is 5.09. The molecule has 0 radical (unpaired) electrons. The number of hydrogen-bond acceptors (Lipinski definition) is 2. The first-order chi connectivity index (χ1) is 7.17. The van der Waals surface area contributed by atoms with E-state index in [0.29, 0.717) is 24.8 Å². The van der Waals surface area contributed by atoms with Gasteiger partial charge in [-0.2, -0.15) is 0 Å². The molecule has 1 fully saturated rings. The molecule has 0 aliphatic heterocycles. The molecule has 15 heavy (non-hydrogen) atoms. The zero-order valence-electron chi connectivity index (χ0n) is 9.96. The predicted octanol–water partition coefficient (Wildman–Crippen LogP) is 1.67. The van der Waals surface area contributed by atoms with Crippen LogP contribution in [0.3, 0.4) is 0 Å². The molecule has 0 aromatic heterocycles. The number of rotatable bonds is 7. The summed E-state index contributed by atoms with van der Waals surface area (Å²) in [5.74, 6) is 1.36. The highest BCUT2D eigenvalue weighted by Crippen LogP contribution is 2.31. The topological polar surface area (TPSA) is 55.1 Å². The van der Waals surface area contributed by atoms with Gasteiger partial charge in [0.15, 0.2) is 0 Å². The standard InChI is InChI=1S/C12H24N2O/c1-3-9(4-2)7-12(15)14-8-11(13)10-5-6-10/h9-11H,3-8,13H2,1-2H3,(H,14,15). The average molecular weight is 212 g/mol. The van der Waals surface area contributed by atoms with Crippen molar-refractivity contribution in [2.75, 3.05) is 6.54 Å². The second-order valence-electron chi connectivity index (χ2n) is 4.69. The summed E-state index contributed by atoms with van der Waals surface area (Å²) in [6.07, 6.45) is 5.30. The van der Waals surface area contributed by atoms with Crippen LogP contribution in [-0.2, 0) is 4.79 Å². The van der Waals surface area contributed by atoms with Gasteiger partial charge in [-0.3, -0.25) is 4.79 Å². The smallest absolute Gasteiger partial charge is 0.220 e. The van der Waals surface area contributed by atoms with Crippen molar-refractivity contribution in [3.05, 3.63) is 0 Å². The maximum Gasteiger partial charge on any atom is 0.220 e. The molecule has 1 saturated carbocycles. The number of nitrogens with two attached hydrogens (primary N) is 1. The second-order valence-corrected chi connectivity index (χ2v) is 4.69. The fraction of sp³-hybridized carbons (Fsp3) is 0.917. The van der Waals surface area contributed by atoms with E-state index in [2.05, 4.69) is 19.2 Å². The lowest BCUT2D eigenvalue weighted by Crippen LogP contribution is -2.39. The van der Waals surface area contributed by atoms with Crippen molar-refractivity contribution in [1.29, 1.82) is 0 Å². The van der Waals surface area contributed by atoms with Crippen LogP contribution in [0.4, 0.5) is 0 Å². The van der Waals surface area contributed by atoms with Crippen molar-refractivity contribution in [2.24, 2.45) is 17.6 Å². The van der Waals surface area contributed by atoms with E-state index in [0.717, 1.165) is 12.8 Å². The van der Waals surface area contributed by atoms with Crippen LogP contribution in [0.25, 0.3) is 0 Å². The van der Waals surface area contributed by atoms with E-state index in [4.69, 9.17) is 5.73 Å². The molecular weight excluding hydrogens is 188 g/mol. The van der Waals surface area contributed by atoms with Crippen LogP contribution in [0.1, 0.15) is 46.0 Å². The van der Waals surface area contributed by atoms with Gasteiger partial charge in [0.25, 0.3) is 0 Å². The molecule has 0 saturated heterocycles. The van der Waals surface area contributed by atoms with E-state index < -0.39 is 0 Å². The molecular formula is C12H24N2O. The van der Waals surface area contributed by atoms with Gasteiger partial charge in [-0.15, -0.1) is 0 Å². The van der Waals surface area contributed by atoms with Crippen LogP contribution < -0.4 is 11.1 Å². The lowest BCUT2D eigenvalue weighted by molar-refractivity contribution is -0.122. The summed E-state index contributed by atoms with van der Waals surface area (Å²) in [6.45, 7) is 4.93. The molecule has 0 aromatic carbocycles. The van der Waals surface area contributed by atoms with Crippen molar-refractivity contribution in [2.45, 2.75) is 52.0 Å². The van der Waals surface area contributed by atoms with E-state index in [9.17, 15) is 4.79 Å². The minimum absolute atomic E-state index is 0.166. The fourth-order valence-corrected chi connectivity index (χ4v) is 1.83. The Bertz CT molecular complexity index is 198. The molecule has 1 aliphatic rings. The molecule has 1 unspecified atom stereocenters.